The second-order valence-electron chi connectivity index (χ2n) is 5.56. The number of amides is 2. The van der Waals surface area contributed by atoms with E-state index in [1.807, 2.05) is 49.7 Å². The minimum absolute atomic E-state index is 0.00645. The Bertz CT molecular complexity index is 633. The van der Waals surface area contributed by atoms with Crippen molar-refractivity contribution < 1.29 is 9.59 Å². The van der Waals surface area contributed by atoms with E-state index < -0.39 is 6.04 Å². The van der Waals surface area contributed by atoms with Crippen molar-refractivity contribution in [3.05, 3.63) is 52.2 Å². The quantitative estimate of drug-likeness (QED) is 0.887. The topological polar surface area (TPSA) is 58.2 Å². The number of hydrogen-bond acceptors (Lipinski definition) is 3. The number of aryl methyl sites for hydroxylation is 1. The van der Waals surface area contributed by atoms with Crippen molar-refractivity contribution in [2.75, 3.05) is 5.32 Å². The van der Waals surface area contributed by atoms with E-state index >= 15 is 0 Å². The van der Waals surface area contributed by atoms with Gasteiger partial charge in [0.05, 0.1) is 5.69 Å². The van der Waals surface area contributed by atoms with E-state index in [0.29, 0.717) is 5.56 Å². The highest BCUT2D eigenvalue weighted by atomic mass is 32.1. The Balaban J connectivity index is 2.06. The molecule has 0 saturated heterocycles. The standard InChI is InChI=1S/C17H20N2O2S/c1-11(2)15(17(21)18-14-8-9-22-10-14)19-16(20)13-6-4-12(3)5-7-13/h4-11,15H,1-3H3,(H,18,21)(H,19,20). The Morgan fingerprint density at radius 1 is 1.09 bits per heavy atom. The van der Waals surface area contributed by atoms with Crippen molar-refractivity contribution in [3.63, 3.8) is 0 Å². The van der Waals surface area contributed by atoms with Crippen LogP contribution >= 0.6 is 11.3 Å². The minimum Gasteiger partial charge on any atom is -0.340 e. The monoisotopic (exact) mass is 316 g/mol. The molecule has 1 aromatic heterocycles. The van der Waals surface area contributed by atoms with Crippen molar-refractivity contribution >= 4 is 28.8 Å². The zero-order chi connectivity index (χ0) is 16.1. The number of benzene rings is 1. The lowest BCUT2D eigenvalue weighted by Gasteiger charge is -2.21. The van der Waals surface area contributed by atoms with E-state index in [1.54, 1.807) is 12.1 Å². The number of anilines is 1. The number of carbonyl (C=O) groups is 2. The Labute approximate surface area is 134 Å². The van der Waals surface area contributed by atoms with Crippen LogP contribution in [0.5, 0.6) is 0 Å². The smallest absolute Gasteiger partial charge is 0.251 e. The first-order valence-corrected chi connectivity index (χ1v) is 8.12. The van der Waals surface area contributed by atoms with Gasteiger partial charge in [0.25, 0.3) is 5.91 Å². The summed E-state index contributed by atoms with van der Waals surface area (Å²) in [5.41, 5.74) is 2.40. The molecule has 2 aromatic rings. The Kier molecular flexibility index (Phi) is 5.33. The second-order valence-corrected chi connectivity index (χ2v) is 6.34. The van der Waals surface area contributed by atoms with Gasteiger partial charge in [-0.25, -0.2) is 0 Å². The third-order valence-corrected chi connectivity index (χ3v) is 4.02. The lowest BCUT2D eigenvalue weighted by atomic mass is 10.0. The molecule has 1 aromatic carbocycles. The number of rotatable bonds is 5. The van der Waals surface area contributed by atoms with E-state index in [-0.39, 0.29) is 17.7 Å². The SMILES string of the molecule is Cc1ccc(C(=O)NC(C(=O)Nc2ccsc2)C(C)C)cc1. The molecular weight excluding hydrogens is 296 g/mol. The van der Waals surface area contributed by atoms with E-state index in [0.717, 1.165) is 11.3 Å². The number of carbonyl (C=O) groups excluding carboxylic acids is 2. The fourth-order valence-corrected chi connectivity index (χ4v) is 2.61. The fraction of sp³-hybridized carbons (Fsp3) is 0.294. The van der Waals surface area contributed by atoms with Crippen LogP contribution < -0.4 is 10.6 Å². The Morgan fingerprint density at radius 3 is 2.32 bits per heavy atom. The van der Waals surface area contributed by atoms with Gasteiger partial charge in [-0.05, 0) is 36.4 Å². The maximum Gasteiger partial charge on any atom is 0.251 e. The highest BCUT2D eigenvalue weighted by molar-refractivity contribution is 7.08. The van der Waals surface area contributed by atoms with Gasteiger partial charge in [0.15, 0.2) is 0 Å². The van der Waals surface area contributed by atoms with Crippen LogP contribution in [0.4, 0.5) is 5.69 Å². The molecule has 1 atom stereocenters. The molecule has 0 aliphatic carbocycles. The predicted molar refractivity (Wildman–Crippen MR) is 90.2 cm³/mol. The van der Waals surface area contributed by atoms with E-state index in [4.69, 9.17) is 0 Å². The summed E-state index contributed by atoms with van der Waals surface area (Å²) in [6, 6.07) is 8.54. The molecule has 5 heteroatoms. The van der Waals surface area contributed by atoms with Crippen LogP contribution in [-0.2, 0) is 4.79 Å². The van der Waals surface area contributed by atoms with Crippen LogP contribution in [0.25, 0.3) is 0 Å². The molecule has 4 nitrogen and oxygen atoms in total. The van der Waals surface area contributed by atoms with Gasteiger partial charge in [0.2, 0.25) is 5.91 Å². The third kappa shape index (κ3) is 4.18. The molecule has 0 fully saturated rings. The first-order chi connectivity index (χ1) is 10.5. The highest BCUT2D eigenvalue weighted by Crippen LogP contribution is 2.14. The van der Waals surface area contributed by atoms with Crippen molar-refractivity contribution in [1.29, 1.82) is 0 Å². The van der Waals surface area contributed by atoms with Gasteiger partial charge in [0, 0.05) is 10.9 Å². The third-order valence-electron chi connectivity index (χ3n) is 3.34. The maximum absolute atomic E-state index is 12.4. The van der Waals surface area contributed by atoms with Crippen LogP contribution in [0.3, 0.4) is 0 Å². The van der Waals surface area contributed by atoms with Crippen LogP contribution in [0.1, 0.15) is 29.8 Å². The average molecular weight is 316 g/mol. The van der Waals surface area contributed by atoms with Gasteiger partial charge in [-0.2, -0.15) is 11.3 Å². The molecular formula is C17H20N2O2S. The molecule has 2 amide bonds. The summed E-state index contributed by atoms with van der Waals surface area (Å²) in [6.45, 7) is 5.79. The predicted octanol–water partition coefficient (Wildman–Crippen LogP) is 3.45. The van der Waals surface area contributed by atoms with E-state index in [9.17, 15) is 9.59 Å². The Hall–Kier alpha value is -2.14. The zero-order valence-corrected chi connectivity index (χ0v) is 13.7. The molecule has 0 saturated carbocycles. The van der Waals surface area contributed by atoms with Crippen molar-refractivity contribution in [2.24, 2.45) is 5.92 Å². The first kappa shape index (κ1) is 16.2. The molecule has 116 valence electrons. The summed E-state index contributed by atoms with van der Waals surface area (Å²) >= 11 is 1.51. The lowest BCUT2D eigenvalue weighted by Crippen LogP contribution is -2.47. The van der Waals surface area contributed by atoms with Gasteiger partial charge in [-0.1, -0.05) is 31.5 Å². The highest BCUT2D eigenvalue weighted by Gasteiger charge is 2.24. The molecule has 0 spiro atoms. The molecule has 0 aliphatic rings. The van der Waals surface area contributed by atoms with Gasteiger partial charge in [-0.3, -0.25) is 9.59 Å². The molecule has 0 bridgehead atoms. The fourth-order valence-electron chi connectivity index (χ4n) is 2.02. The number of thiophene rings is 1. The summed E-state index contributed by atoms with van der Waals surface area (Å²) in [5, 5.41) is 9.39. The molecule has 0 radical (unpaired) electrons. The average Bonchev–Trinajstić information content (AvgIpc) is 2.97. The number of hydrogen-bond donors (Lipinski definition) is 2. The van der Waals surface area contributed by atoms with Crippen molar-refractivity contribution in [1.82, 2.24) is 5.32 Å². The minimum atomic E-state index is -0.575. The van der Waals surface area contributed by atoms with Gasteiger partial charge < -0.3 is 10.6 Å². The van der Waals surface area contributed by atoms with Crippen LogP contribution in [0.15, 0.2) is 41.1 Å². The maximum atomic E-state index is 12.4. The van der Waals surface area contributed by atoms with E-state index in [1.165, 1.54) is 11.3 Å². The summed E-state index contributed by atoms with van der Waals surface area (Å²) in [7, 11) is 0. The van der Waals surface area contributed by atoms with Gasteiger partial charge in [0.1, 0.15) is 6.04 Å². The summed E-state index contributed by atoms with van der Waals surface area (Å²) in [4.78, 5) is 24.6. The van der Waals surface area contributed by atoms with Gasteiger partial charge in [-0.15, -0.1) is 0 Å². The first-order valence-electron chi connectivity index (χ1n) is 7.18. The molecule has 2 N–H and O–H groups in total. The normalized spacial score (nSPS) is 12.0. The lowest BCUT2D eigenvalue weighted by molar-refractivity contribution is -0.118. The van der Waals surface area contributed by atoms with Crippen molar-refractivity contribution in [2.45, 2.75) is 26.8 Å². The Morgan fingerprint density at radius 2 is 1.77 bits per heavy atom. The number of nitrogens with one attached hydrogen (secondary N) is 2. The van der Waals surface area contributed by atoms with Gasteiger partial charge >= 0.3 is 0 Å². The van der Waals surface area contributed by atoms with E-state index in [2.05, 4.69) is 10.6 Å². The molecule has 0 aliphatic heterocycles. The summed E-state index contributed by atoms with van der Waals surface area (Å²) < 4.78 is 0. The summed E-state index contributed by atoms with van der Waals surface area (Å²) in [6.07, 6.45) is 0. The molecule has 1 heterocycles. The van der Waals surface area contributed by atoms with Crippen LogP contribution in [-0.4, -0.2) is 17.9 Å². The molecule has 22 heavy (non-hydrogen) atoms. The zero-order valence-electron chi connectivity index (χ0n) is 12.9. The largest absolute Gasteiger partial charge is 0.340 e. The summed E-state index contributed by atoms with van der Waals surface area (Å²) in [5.74, 6) is -0.443. The van der Waals surface area contributed by atoms with Crippen molar-refractivity contribution in [3.8, 4) is 0 Å². The van der Waals surface area contributed by atoms with Crippen LogP contribution in [0.2, 0.25) is 0 Å². The van der Waals surface area contributed by atoms with Crippen LogP contribution in [0, 0.1) is 12.8 Å². The second kappa shape index (κ2) is 7.22. The molecule has 1 unspecified atom stereocenters. The molecule has 2 rings (SSSR count).